The normalized spacial score (nSPS) is 11.9. The zero-order chi connectivity index (χ0) is 13.3. The number of hydrogen-bond donors (Lipinski definition) is 3. The van der Waals surface area contributed by atoms with Crippen molar-refractivity contribution in [1.82, 2.24) is 15.0 Å². The fourth-order valence-corrected chi connectivity index (χ4v) is 1.97. The third kappa shape index (κ3) is 2.77. The van der Waals surface area contributed by atoms with E-state index in [1.807, 2.05) is 19.9 Å². The third-order valence-corrected chi connectivity index (χ3v) is 2.69. The molecule has 6 nitrogen and oxygen atoms in total. The average Bonchev–Trinajstić information content (AvgIpc) is 2.55. The van der Waals surface area contributed by atoms with E-state index in [9.17, 15) is 4.79 Å². The van der Waals surface area contributed by atoms with Gasteiger partial charge in [-0.05, 0) is 17.5 Å². The van der Waals surface area contributed by atoms with Crippen molar-refractivity contribution in [3.63, 3.8) is 0 Å². The number of carboxylic acid groups (broad SMARTS) is 1. The third-order valence-electron chi connectivity index (χ3n) is 2.69. The Morgan fingerprint density at radius 2 is 2.17 bits per heavy atom. The summed E-state index contributed by atoms with van der Waals surface area (Å²) in [7, 11) is 0. The monoisotopic (exact) mass is 248 g/mol. The smallest absolute Gasteiger partial charge is 0.303 e. The summed E-state index contributed by atoms with van der Waals surface area (Å²) in [6, 6.07) is 3.52. The van der Waals surface area contributed by atoms with Crippen LogP contribution < -0.4 is 5.73 Å². The van der Waals surface area contributed by atoms with Gasteiger partial charge in [0.05, 0.1) is 11.9 Å². The zero-order valence-electron chi connectivity index (χ0n) is 10.4. The zero-order valence-corrected chi connectivity index (χ0v) is 10.4. The number of nitrogens with zero attached hydrogens (tertiary/aromatic N) is 2. The van der Waals surface area contributed by atoms with Crippen LogP contribution in [0.4, 0.5) is 5.82 Å². The molecule has 0 aromatic carbocycles. The number of H-pyrrole nitrogens is 1. The van der Waals surface area contributed by atoms with E-state index >= 15 is 0 Å². The van der Waals surface area contributed by atoms with E-state index in [-0.39, 0.29) is 11.8 Å². The SMILES string of the molecule is CC(C)(CC(=O)O)Cc1nc2nc(N)ccc2[nH]1. The summed E-state index contributed by atoms with van der Waals surface area (Å²) < 4.78 is 0. The molecule has 0 atom stereocenters. The van der Waals surface area contributed by atoms with Crippen LogP contribution in [0.2, 0.25) is 0 Å². The number of aliphatic carboxylic acids is 1. The maximum absolute atomic E-state index is 10.8. The van der Waals surface area contributed by atoms with Crippen LogP contribution in [0.25, 0.3) is 11.2 Å². The minimum atomic E-state index is -0.807. The molecule has 6 heteroatoms. The summed E-state index contributed by atoms with van der Waals surface area (Å²) in [5.74, 6) is 0.346. The largest absolute Gasteiger partial charge is 0.481 e. The van der Waals surface area contributed by atoms with Gasteiger partial charge >= 0.3 is 5.97 Å². The van der Waals surface area contributed by atoms with Crippen LogP contribution in [0, 0.1) is 5.41 Å². The lowest BCUT2D eigenvalue weighted by molar-refractivity contribution is -0.139. The van der Waals surface area contributed by atoms with Crippen molar-refractivity contribution in [3.8, 4) is 0 Å². The van der Waals surface area contributed by atoms with Crippen LogP contribution in [0.1, 0.15) is 26.1 Å². The molecule has 0 aliphatic carbocycles. The highest BCUT2D eigenvalue weighted by atomic mass is 16.4. The number of hydrogen-bond acceptors (Lipinski definition) is 4. The van der Waals surface area contributed by atoms with Crippen LogP contribution in [-0.2, 0) is 11.2 Å². The van der Waals surface area contributed by atoms with Crippen LogP contribution in [0.3, 0.4) is 0 Å². The first-order chi connectivity index (χ1) is 8.35. The molecule has 2 rings (SSSR count). The topological polar surface area (TPSA) is 105 Å². The quantitative estimate of drug-likeness (QED) is 0.761. The molecule has 0 aliphatic heterocycles. The number of rotatable bonds is 4. The molecule has 0 spiro atoms. The van der Waals surface area contributed by atoms with Gasteiger partial charge < -0.3 is 15.8 Å². The molecule has 0 amide bonds. The van der Waals surface area contributed by atoms with Crippen LogP contribution in [0.15, 0.2) is 12.1 Å². The molecular formula is C12H16N4O2. The molecule has 2 aromatic rings. The van der Waals surface area contributed by atoms with E-state index in [0.29, 0.717) is 17.9 Å². The first kappa shape index (κ1) is 12.3. The van der Waals surface area contributed by atoms with E-state index < -0.39 is 5.97 Å². The number of aromatic amines is 1. The molecule has 4 N–H and O–H groups in total. The first-order valence-electron chi connectivity index (χ1n) is 5.69. The van der Waals surface area contributed by atoms with Crippen molar-refractivity contribution in [1.29, 1.82) is 0 Å². The van der Waals surface area contributed by atoms with Crippen molar-refractivity contribution in [2.75, 3.05) is 5.73 Å². The molecule has 96 valence electrons. The molecule has 0 bridgehead atoms. The fraction of sp³-hybridized carbons (Fsp3) is 0.417. The second kappa shape index (κ2) is 4.29. The van der Waals surface area contributed by atoms with Crippen molar-refractivity contribution >= 4 is 23.0 Å². The molecular weight excluding hydrogens is 232 g/mol. The van der Waals surface area contributed by atoms with E-state index in [0.717, 1.165) is 11.3 Å². The lowest BCUT2D eigenvalue weighted by atomic mass is 9.85. The average molecular weight is 248 g/mol. The Kier molecular flexibility index (Phi) is 2.94. The maximum atomic E-state index is 10.8. The number of imidazole rings is 1. The van der Waals surface area contributed by atoms with Crippen LogP contribution in [0.5, 0.6) is 0 Å². The summed E-state index contributed by atoms with van der Waals surface area (Å²) in [4.78, 5) is 22.3. The van der Waals surface area contributed by atoms with Gasteiger partial charge in [0.2, 0.25) is 0 Å². The summed E-state index contributed by atoms with van der Waals surface area (Å²) in [6.45, 7) is 3.80. The molecule has 0 saturated heterocycles. The van der Waals surface area contributed by atoms with Gasteiger partial charge in [0.15, 0.2) is 5.65 Å². The lowest BCUT2D eigenvalue weighted by Crippen LogP contribution is -2.20. The van der Waals surface area contributed by atoms with Gasteiger partial charge in [0.25, 0.3) is 0 Å². The summed E-state index contributed by atoms with van der Waals surface area (Å²) in [6.07, 6.45) is 0.648. The number of fused-ring (bicyclic) bond motifs is 1. The number of aromatic nitrogens is 3. The number of pyridine rings is 1. The predicted molar refractivity (Wildman–Crippen MR) is 68.0 cm³/mol. The number of carboxylic acids is 1. The summed E-state index contributed by atoms with van der Waals surface area (Å²) >= 11 is 0. The van der Waals surface area contributed by atoms with Crippen molar-refractivity contribution in [3.05, 3.63) is 18.0 Å². The van der Waals surface area contributed by atoms with E-state index in [1.54, 1.807) is 6.07 Å². The maximum Gasteiger partial charge on any atom is 0.303 e. The molecule has 0 unspecified atom stereocenters. The second-order valence-electron chi connectivity index (χ2n) is 5.20. The van der Waals surface area contributed by atoms with Crippen molar-refractivity contribution < 1.29 is 9.90 Å². The standard InChI is InChI=1S/C12H16N4O2/c1-12(2,6-10(17)18)5-9-14-7-3-4-8(13)15-11(7)16-9/h3-4H,5-6H2,1-2H3,(H,17,18)(H3,13,14,15,16). The fourth-order valence-electron chi connectivity index (χ4n) is 1.97. The number of anilines is 1. The Morgan fingerprint density at radius 3 is 2.83 bits per heavy atom. The highest BCUT2D eigenvalue weighted by Crippen LogP contribution is 2.25. The van der Waals surface area contributed by atoms with Crippen LogP contribution >= 0.6 is 0 Å². The minimum absolute atomic E-state index is 0.0968. The molecule has 18 heavy (non-hydrogen) atoms. The van der Waals surface area contributed by atoms with Gasteiger partial charge in [-0.1, -0.05) is 13.8 Å². The Hall–Kier alpha value is -2.11. The van der Waals surface area contributed by atoms with Gasteiger partial charge in [-0.3, -0.25) is 4.79 Å². The van der Waals surface area contributed by atoms with Crippen molar-refractivity contribution in [2.24, 2.45) is 5.41 Å². The molecule has 0 radical (unpaired) electrons. The first-order valence-corrected chi connectivity index (χ1v) is 5.69. The molecule has 0 saturated carbocycles. The molecule has 0 fully saturated rings. The Labute approximate surface area is 104 Å². The van der Waals surface area contributed by atoms with Gasteiger partial charge in [0.1, 0.15) is 11.6 Å². The van der Waals surface area contributed by atoms with Gasteiger partial charge in [-0.25, -0.2) is 9.97 Å². The Bertz CT molecular complexity index is 589. The highest BCUT2D eigenvalue weighted by Gasteiger charge is 2.24. The van der Waals surface area contributed by atoms with Gasteiger partial charge in [-0.15, -0.1) is 0 Å². The second-order valence-corrected chi connectivity index (χ2v) is 5.20. The highest BCUT2D eigenvalue weighted by molar-refractivity contribution is 5.72. The van der Waals surface area contributed by atoms with E-state index in [2.05, 4.69) is 15.0 Å². The minimum Gasteiger partial charge on any atom is -0.481 e. The number of nitrogens with two attached hydrogens (primary N) is 1. The number of nitrogens with one attached hydrogen (secondary N) is 1. The summed E-state index contributed by atoms with van der Waals surface area (Å²) in [5.41, 5.74) is 6.60. The van der Waals surface area contributed by atoms with Gasteiger partial charge in [-0.2, -0.15) is 0 Å². The summed E-state index contributed by atoms with van der Waals surface area (Å²) in [5, 5.41) is 8.84. The molecule has 0 aliphatic rings. The van der Waals surface area contributed by atoms with E-state index in [4.69, 9.17) is 10.8 Å². The van der Waals surface area contributed by atoms with E-state index in [1.165, 1.54) is 0 Å². The molecule has 2 heterocycles. The Balaban J connectivity index is 2.24. The van der Waals surface area contributed by atoms with Gasteiger partial charge in [0, 0.05) is 6.42 Å². The number of carbonyl (C=O) groups is 1. The predicted octanol–water partition coefficient (Wildman–Crippen LogP) is 1.58. The number of nitrogen functional groups attached to an aromatic ring is 1. The van der Waals surface area contributed by atoms with Crippen LogP contribution in [-0.4, -0.2) is 26.0 Å². The van der Waals surface area contributed by atoms with Crippen molar-refractivity contribution in [2.45, 2.75) is 26.7 Å². The Morgan fingerprint density at radius 1 is 1.44 bits per heavy atom. The molecule has 2 aromatic heterocycles. The lowest BCUT2D eigenvalue weighted by Gasteiger charge is -2.20.